The van der Waals surface area contributed by atoms with Crippen LogP contribution in [0.15, 0.2) is 60.7 Å². The predicted molar refractivity (Wildman–Crippen MR) is 83.0 cm³/mol. The van der Waals surface area contributed by atoms with E-state index in [2.05, 4.69) is 72.0 Å². The summed E-state index contributed by atoms with van der Waals surface area (Å²) < 4.78 is 3.69. The van der Waals surface area contributed by atoms with Crippen LogP contribution in [0.1, 0.15) is 5.56 Å². The molecule has 2 heterocycles. The van der Waals surface area contributed by atoms with Gasteiger partial charge in [0.15, 0.2) is 0 Å². The number of hydrogen-bond acceptors (Lipinski definition) is 1. The van der Waals surface area contributed by atoms with Gasteiger partial charge in [0, 0.05) is 0 Å². The first-order valence-electron chi connectivity index (χ1n) is 6.39. The molecule has 0 aliphatic heterocycles. The molecular weight excluding hydrogens is 250 g/mol. The molecule has 4 aromatic rings. The largest absolute Gasteiger partial charge is 0.300 e. The third kappa shape index (κ3) is 1.60. The first-order valence-corrected chi connectivity index (χ1v) is 7.20. The van der Waals surface area contributed by atoms with Crippen LogP contribution in [-0.2, 0) is 0 Å². The summed E-state index contributed by atoms with van der Waals surface area (Å²) in [5.41, 5.74) is 5.14. The lowest BCUT2D eigenvalue weighted by Crippen LogP contribution is -1.85. The third-order valence-electron chi connectivity index (χ3n) is 3.51. The minimum atomic E-state index is 1.27. The Labute approximate surface area is 115 Å². The summed E-state index contributed by atoms with van der Waals surface area (Å²) in [6.45, 7) is 2.12. The number of aromatic nitrogens is 1. The molecule has 0 spiro atoms. The molecule has 0 amide bonds. The molecule has 0 bridgehead atoms. The van der Waals surface area contributed by atoms with Gasteiger partial charge in [-0.1, -0.05) is 42.0 Å². The Morgan fingerprint density at radius 1 is 0.842 bits per heavy atom. The molecule has 0 fully saturated rings. The molecule has 0 saturated heterocycles. The molecular formula is C17H13NS. The second-order valence-corrected chi connectivity index (χ2v) is 5.89. The van der Waals surface area contributed by atoms with Gasteiger partial charge in [-0.05, 0) is 36.8 Å². The van der Waals surface area contributed by atoms with E-state index in [0.29, 0.717) is 0 Å². The molecule has 2 heteroatoms. The number of para-hydroxylation sites is 1. The zero-order valence-electron chi connectivity index (χ0n) is 10.6. The van der Waals surface area contributed by atoms with Crippen molar-refractivity contribution in [2.75, 3.05) is 0 Å². The highest BCUT2D eigenvalue weighted by atomic mass is 32.1. The lowest BCUT2D eigenvalue weighted by molar-refractivity contribution is 1.30. The quantitative estimate of drug-likeness (QED) is 0.448. The van der Waals surface area contributed by atoms with Gasteiger partial charge in [0.1, 0.15) is 4.83 Å². The summed E-state index contributed by atoms with van der Waals surface area (Å²) in [5, 5.41) is 0. The first-order chi connectivity index (χ1) is 9.33. The Hall–Kier alpha value is -2.06. The fourth-order valence-corrected chi connectivity index (χ4v) is 3.60. The monoisotopic (exact) mass is 263 g/mol. The molecule has 19 heavy (non-hydrogen) atoms. The molecule has 0 unspecified atom stereocenters. The average Bonchev–Trinajstić information content (AvgIpc) is 2.98. The molecule has 0 saturated carbocycles. The van der Waals surface area contributed by atoms with Crippen LogP contribution in [0.4, 0.5) is 0 Å². The standard InChI is InChI=1S/C17H13NS/c1-12-6-8-13(9-7-12)14-10-11-17-18(14)15-4-2-3-5-16(15)19-17/h2-11H,1H3. The third-order valence-corrected chi connectivity index (χ3v) is 4.61. The lowest BCUT2D eigenvalue weighted by Gasteiger charge is -2.02. The van der Waals surface area contributed by atoms with E-state index >= 15 is 0 Å². The molecule has 0 radical (unpaired) electrons. The van der Waals surface area contributed by atoms with Crippen molar-refractivity contribution in [1.29, 1.82) is 0 Å². The molecule has 0 aliphatic rings. The molecule has 0 atom stereocenters. The van der Waals surface area contributed by atoms with E-state index in [-0.39, 0.29) is 0 Å². The van der Waals surface area contributed by atoms with Crippen LogP contribution in [0.25, 0.3) is 26.3 Å². The maximum Gasteiger partial charge on any atom is 0.101 e. The van der Waals surface area contributed by atoms with Crippen LogP contribution in [0, 0.1) is 6.92 Å². The van der Waals surface area contributed by atoms with Gasteiger partial charge in [-0.2, -0.15) is 0 Å². The van der Waals surface area contributed by atoms with E-state index < -0.39 is 0 Å². The van der Waals surface area contributed by atoms with E-state index in [1.54, 1.807) is 0 Å². The molecule has 2 aromatic carbocycles. The summed E-state index contributed by atoms with van der Waals surface area (Å²) in [6, 6.07) is 21.7. The van der Waals surface area contributed by atoms with E-state index in [1.165, 1.54) is 31.9 Å². The summed E-state index contributed by atoms with van der Waals surface area (Å²) >= 11 is 1.84. The summed E-state index contributed by atoms with van der Waals surface area (Å²) in [6.07, 6.45) is 0. The predicted octanol–water partition coefficient (Wildman–Crippen LogP) is 5.13. The molecule has 4 rings (SSSR count). The fraction of sp³-hybridized carbons (Fsp3) is 0.0588. The van der Waals surface area contributed by atoms with Gasteiger partial charge in [0.2, 0.25) is 0 Å². The van der Waals surface area contributed by atoms with Crippen LogP contribution in [0.2, 0.25) is 0 Å². The first kappa shape index (κ1) is 10.8. The van der Waals surface area contributed by atoms with Gasteiger partial charge >= 0.3 is 0 Å². The van der Waals surface area contributed by atoms with E-state index in [9.17, 15) is 0 Å². The number of aryl methyl sites for hydroxylation is 1. The number of fused-ring (bicyclic) bond motifs is 3. The van der Waals surface area contributed by atoms with Gasteiger partial charge in [-0.15, -0.1) is 11.3 Å². The Kier molecular flexibility index (Phi) is 2.26. The molecule has 92 valence electrons. The van der Waals surface area contributed by atoms with Crippen LogP contribution in [0.5, 0.6) is 0 Å². The Morgan fingerprint density at radius 2 is 1.63 bits per heavy atom. The normalized spacial score (nSPS) is 11.4. The van der Waals surface area contributed by atoms with Crippen molar-refractivity contribution in [3.05, 3.63) is 66.2 Å². The highest BCUT2D eigenvalue weighted by Gasteiger charge is 2.09. The van der Waals surface area contributed by atoms with Gasteiger partial charge in [0.25, 0.3) is 0 Å². The minimum absolute atomic E-state index is 1.27. The van der Waals surface area contributed by atoms with Gasteiger partial charge in [-0.3, -0.25) is 4.40 Å². The van der Waals surface area contributed by atoms with Crippen molar-refractivity contribution < 1.29 is 0 Å². The fourth-order valence-electron chi connectivity index (χ4n) is 2.54. The highest BCUT2D eigenvalue weighted by molar-refractivity contribution is 7.24. The van der Waals surface area contributed by atoms with Crippen molar-refractivity contribution in [3.8, 4) is 11.3 Å². The Bertz CT molecular complexity index is 865. The van der Waals surface area contributed by atoms with Crippen LogP contribution in [-0.4, -0.2) is 4.40 Å². The molecule has 0 N–H and O–H groups in total. The lowest BCUT2D eigenvalue weighted by atomic mass is 10.1. The zero-order valence-corrected chi connectivity index (χ0v) is 11.4. The van der Waals surface area contributed by atoms with E-state index in [1.807, 2.05) is 11.3 Å². The minimum Gasteiger partial charge on any atom is -0.300 e. The van der Waals surface area contributed by atoms with Gasteiger partial charge in [0.05, 0.1) is 15.9 Å². The molecule has 0 aliphatic carbocycles. The molecule has 2 aromatic heterocycles. The summed E-state index contributed by atoms with van der Waals surface area (Å²) in [5.74, 6) is 0. The van der Waals surface area contributed by atoms with Crippen LogP contribution < -0.4 is 0 Å². The van der Waals surface area contributed by atoms with Crippen LogP contribution >= 0.6 is 11.3 Å². The number of benzene rings is 2. The van der Waals surface area contributed by atoms with E-state index in [0.717, 1.165) is 0 Å². The zero-order chi connectivity index (χ0) is 12.8. The second-order valence-electron chi connectivity index (χ2n) is 4.83. The topological polar surface area (TPSA) is 4.41 Å². The number of thiazole rings is 1. The van der Waals surface area contributed by atoms with Crippen molar-refractivity contribution in [2.45, 2.75) is 6.92 Å². The van der Waals surface area contributed by atoms with Crippen molar-refractivity contribution in [2.24, 2.45) is 0 Å². The maximum absolute atomic E-state index is 2.35. The number of nitrogens with zero attached hydrogens (tertiary/aromatic N) is 1. The number of hydrogen-bond donors (Lipinski definition) is 0. The smallest absolute Gasteiger partial charge is 0.101 e. The summed E-state index contributed by atoms with van der Waals surface area (Å²) in [7, 11) is 0. The van der Waals surface area contributed by atoms with Gasteiger partial charge < -0.3 is 0 Å². The van der Waals surface area contributed by atoms with Gasteiger partial charge in [-0.25, -0.2) is 0 Å². The van der Waals surface area contributed by atoms with E-state index in [4.69, 9.17) is 0 Å². The number of rotatable bonds is 1. The van der Waals surface area contributed by atoms with Crippen molar-refractivity contribution >= 4 is 26.4 Å². The van der Waals surface area contributed by atoms with Crippen LogP contribution in [0.3, 0.4) is 0 Å². The SMILES string of the molecule is Cc1ccc(-c2ccc3sc4ccccc4n23)cc1. The summed E-state index contributed by atoms with van der Waals surface area (Å²) in [4.78, 5) is 1.30. The average molecular weight is 263 g/mol. The second kappa shape index (κ2) is 3.97. The van der Waals surface area contributed by atoms with Crippen molar-refractivity contribution in [3.63, 3.8) is 0 Å². The maximum atomic E-state index is 2.35. The van der Waals surface area contributed by atoms with Crippen molar-refractivity contribution in [1.82, 2.24) is 4.40 Å². The highest BCUT2D eigenvalue weighted by Crippen LogP contribution is 2.32. The Morgan fingerprint density at radius 3 is 2.47 bits per heavy atom. The Balaban J connectivity index is 2.06. The molecule has 1 nitrogen and oxygen atoms in total.